The highest BCUT2D eigenvalue weighted by Crippen LogP contribution is 2.31. The summed E-state index contributed by atoms with van der Waals surface area (Å²) in [6.45, 7) is 2.09. The van der Waals surface area contributed by atoms with Crippen molar-refractivity contribution in [1.29, 1.82) is 0 Å². The maximum atomic E-state index is 4.70. The number of anilines is 2. The van der Waals surface area contributed by atoms with Gasteiger partial charge in [0.2, 0.25) is 5.78 Å². The van der Waals surface area contributed by atoms with Crippen molar-refractivity contribution in [2.75, 3.05) is 5.32 Å². The van der Waals surface area contributed by atoms with Gasteiger partial charge in [0, 0.05) is 23.6 Å². The Bertz CT molecular complexity index is 957. The van der Waals surface area contributed by atoms with E-state index in [1.54, 1.807) is 6.20 Å². The number of aryl methyl sites for hydroxylation is 1. The van der Waals surface area contributed by atoms with Crippen LogP contribution in [-0.4, -0.2) is 14.4 Å². The van der Waals surface area contributed by atoms with E-state index < -0.39 is 0 Å². The number of benzene rings is 2. The van der Waals surface area contributed by atoms with Crippen molar-refractivity contribution in [3.63, 3.8) is 0 Å². The van der Waals surface area contributed by atoms with Gasteiger partial charge in [-0.3, -0.25) is 4.40 Å². The van der Waals surface area contributed by atoms with Crippen molar-refractivity contribution in [3.05, 3.63) is 78.6 Å². The number of nitrogens with one attached hydrogen (secondary N) is 1. The SMILES string of the molecule is Cc1ccccc1Nc1c(-c2ccccc2)nc2ncccn12. The summed E-state index contributed by atoms with van der Waals surface area (Å²) in [5.74, 6) is 1.61. The van der Waals surface area contributed by atoms with E-state index in [1.165, 1.54) is 5.56 Å². The first kappa shape index (κ1) is 13.5. The first-order valence-corrected chi connectivity index (χ1v) is 7.54. The van der Waals surface area contributed by atoms with Gasteiger partial charge in [0.15, 0.2) is 0 Å². The van der Waals surface area contributed by atoms with Gasteiger partial charge in [0.1, 0.15) is 11.5 Å². The molecule has 0 fully saturated rings. The maximum absolute atomic E-state index is 4.70. The molecule has 4 nitrogen and oxygen atoms in total. The molecule has 1 N–H and O–H groups in total. The summed E-state index contributed by atoms with van der Waals surface area (Å²) in [7, 11) is 0. The topological polar surface area (TPSA) is 42.2 Å². The Labute approximate surface area is 134 Å². The van der Waals surface area contributed by atoms with Gasteiger partial charge in [-0.2, -0.15) is 0 Å². The van der Waals surface area contributed by atoms with Crippen LogP contribution in [-0.2, 0) is 0 Å². The summed E-state index contributed by atoms with van der Waals surface area (Å²) in [6, 6.07) is 20.3. The smallest absolute Gasteiger partial charge is 0.235 e. The van der Waals surface area contributed by atoms with Gasteiger partial charge in [-0.25, -0.2) is 9.97 Å². The first-order valence-electron chi connectivity index (χ1n) is 7.54. The first-order chi connectivity index (χ1) is 11.3. The van der Waals surface area contributed by atoms with Crippen LogP contribution in [0.1, 0.15) is 5.56 Å². The number of fused-ring (bicyclic) bond motifs is 1. The molecule has 0 aliphatic heterocycles. The van der Waals surface area contributed by atoms with Crippen LogP contribution < -0.4 is 5.32 Å². The molecule has 0 aliphatic rings. The molecule has 0 spiro atoms. The van der Waals surface area contributed by atoms with Crippen molar-refractivity contribution >= 4 is 17.3 Å². The molecule has 4 heteroatoms. The molecule has 0 aliphatic carbocycles. The molecule has 0 saturated heterocycles. The van der Waals surface area contributed by atoms with Crippen molar-refractivity contribution < 1.29 is 0 Å². The number of hydrogen-bond acceptors (Lipinski definition) is 3. The fraction of sp³-hybridized carbons (Fsp3) is 0.0526. The van der Waals surface area contributed by atoms with E-state index >= 15 is 0 Å². The molecule has 4 rings (SSSR count). The van der Waals surface area contributed by atoms with E-state index in [4.69, 9.17) is 4.98 Å². The lowest BCUT2D eigenvalue weighted by atomic mass is 10.1. The Morgan fingerprint density at radius 3 is 2.52 bits per heavy atom. The fourth-order valence-corrected chi connectivity index (χ4v) is 2.64. The van der Waals surface area contributed by atoms with Gasteiger partial charge in [-0.1, -0.05) is 48.5 Å². The van der Waals surface area contributed by atoms with Gasteiger partial charge < -0.3 is 5.32 Å². The number of aromatic nitrogens is 3. The Kier molecular flexibility index (Phi) is 3.27. The number of nitrogens with zero attached hydrogens (tertiary/aromatic N) is 3. The highest BCUT2D eigenvalue weighted by molar-refractivity contribution is 5.79. The monoisotopic (exact) mass is 300 g/mol. The second-order valence-corrected chi connectivity index (χ2v) is 5.40. The van der Waals surface area contributed by atoms with E-state index in [0.29, 0.717) is 5.78 Å². The lowest BCUT2D eigenvalue weighted by Crippen LogP contribution is -1.98. The summed E-state index contributed by atoms with van der Waals surface area (Å²) >= 11 is 0. The molecule has 23 heavy (non-hydrogen) atoms. The Morgan fingerprint density at radius 1 is 0.913 bits per heavy atom. The number of hydrogen-bond donors (Lipinski definition) is 1. The van der Waals surface area contributed by atoms with Crippen LogP contribution >= 0.6 is 0 Å². The second-order valence-electron chi connectivity index (χ2n) is 5.40. The van der Waals surface area contributed by atoms with Gasteiger partial charge in [-0.05, 0) is 24.6 Å². The molecule has 2 aromatic carbocycles. The summed E-state index contributed by atoms with van der Waals surface area (Å²) in [5, 5.41) is 3.52. The third kappa shape index (κ3) is 2.44. The number of rotatable bonds is 3. The van der Waals surface area contributed by atoms with E-state index in [1.807, 2.05) is 47.0 Å². The normalized spacial score (nSPS) is 10.8. The minimum absolute atomic E-state index is 0.683. The van der Waals surface area contributed by atoms with Crippen molar-refractivity contribution in [1.82, 2.24) is 14.4 Å². The minimum Gasteiger partial charge on any atom is -0.339 e. The summed E-state index contributed by atoms with van der Waals surface area (Å²) < 4.78 is 1.98. The van der Waals surface area contributed by atoms with E-state index in [2.05, 4.69) is 41.5 Å². The van der Waals surface area contributed by atoms with Crippen molar-refractivity contribution in [2.24, 2.45) is 0 Å². The molecule has 112 valence electrons. The highest BCUT2D eigenvalue weighted by Gasteiger charge is 2.15. The quantitative estimate of drug-likeness (QED) is 0.608. The zero-order chi connectivity index (χ0) is 15.6. The lowest BCUT2D eigenvalue weighted by molar-refractivity contribution is 1.11. The molecule has 0 radical (unpaired) electrons. The zero-order valence-corrected chi connectivity index (χ0v) is 12.8. The largest absolute Gasteiger partial charge is 0.339 e. The predicted octanol–water partition coefficient (Wildman–Crippen LogP) is 4.45. The van der Waals surface area contributed by atoms with Gasteiger partial charge >= 0.3 is 0 Å². The minimum atomic E-state index is 0.683. The molecule has 0 amide bonds. The number of para-hydroxylation sites is 1. The van der Waals surface area contributed by atoms with Crippen LogP contribution in [0.25, 0.3) is 17.0 Å². The standard InChI is InChI=1S/C19H16N4/c1-14-8-5-6-11-16(14)21-18-17(15-9-3-2-4-10-15)22-19-20-12-7-13-23(18)19/h2-13,21H,1H3. The molecule has 4 aromatic rings. The molecule has 0 unspecified atom stereocenters. The van der Waals surface area contributed by atoms with E-state index in [0.717, 1.165) is 22.8 Å². The Balaban J connectivity index is 1.92. The molecular weight excluding hydrogens is 284 g/mol. The summed E-state index contributed by atoms with van der Waals surface area (Å²) in [6.07, 6.45) is 3.73. The lowest BCUT2D eigenvalue weighted by Gasteiger charge is -2.11. The Morgan fingerprint density at radius 2 is 1.70 bits per heavy atom. The molecule has 0 saturated carbocycles. The van der Waals surface area contributed by atoms with Crippen LogP contribution in [0.15, 0.2) is 73.1 Å². The average molecular weight is 300 g/mol. The molecule has 2 aromatic heterocycles. The maximum Gasteiger partial charge on any atom is 0.235 e. The van der Waals surface area contributed by atoms with E-state index in [9.17, 15) is 0 Å². The van der Waals surface area contributed by atoms with Crippen LogP contribution in [0.2, 0.25) is 0 Å². The zero-order valence-electron chi connectivity index (χ0n) is 12.8. The van der Waals surface area contributed by atoms with Crippen LogP contribution in [0.4, 0.5) is 11.5 Å². The highest BCUT2D eigenvalue weighted by atomic mass is 15.2. The summed E-state index contributed by atoms with van der Waals surface area (Å²) in [5.41, 5.74) is 4.21. The second kappa shape index (κ2) is 5.57. The molecule has 0 atom stereocenters. The van der Waals surface area contributed by atoms with Gasteiger partial charge in [0.25, 0.3) is 0 Å². The molecule has 2 heterocycles. The van der Waals surface area contributed by atoms with Gasteiger partial charge in [0.05, 0.1) is 0 Å². The third-order valence-corrected chi connectivity index (χ3v) is 3.85. The molecular formula is C19H16N4. The third-order valence-electron chi connectivity index (χ3n) is 3.85. The van der Waals surface area contributed by atoms with Crippen molar-refractivity contribution in [3.8, 4) is 11.3 Å². The van der Waals surface area contributed by atoms with E-state index in [-0.39, 0.29) is 0 Å². The molecule has 0 bridgehead atoms. The van der Waals surface area contributed by atoms with Crippen LogP contribution in [0, 0.1) is 6.92 Å². The average Bonchev–Trinajstić information content (AvgIpc) is 2.96. The number of imidazole rings is 1. The van der Waals surface area contributed by atoms with Gasteiger partial charge in [-0.15, -0.1) is 0 Å². The summed E-state index contributed by atoms with van der Waals surface area (Å²) in [4.78, 5) is 9.06. The fourth-order valence-electron chi connectivity index (χ4n) is 2.64. The van der Waals surface area contributed by atoms with Crippen LogP contribution in [0.3, 0.4) is 0 Å². The van der Waals surface area contributed by atoms with Crippen LogP contribution in [0.5, 0.6) is 0 Å². The Hall–Kier alpha value is -3.14. The van der Waals surface area contributed by atoms with Crippen molar-refractivity contribution in [2.45, 2.75) is 6.92 Å². The predicted molar refractivity (Wildman–Crippen MR) is 92.9 cm³/mol.